The van der Waals surface area contributed by atoms with E-state index in [1.165, 1.54) is 6.42 Å². The van der Waals surface area contributed by atoms with Crippen LogP contribution in [0.2, 0.25) is 5.02 Å². The van der Waals surface area contributed by atoms with Crippen molar-refractivity contribution in [3.05, 3.63) is 52.3 Å². The molecule has 3 heterocycles. The number of carbonyl (C=O) groups is 1. The number of rotatable bonds is 7. The van der Waals surface area contributed by atoms with Crippen molar-refractivity contribution >= 4 is 27.5 Å². The third-order valence-electron chi connectivity index (χ3n) is 9.40. The Morgan fingerprint density at radius 2 is 1.80 bits per heavy atom. The number of likely N-dealkylation sites (N-methyl/N-ethyl adjacent to an activating group) is 1. The van der Waals surface area contributed by atoms with E-state index in [1.54, 1.807) is 23.4 Å². The highest BCUT2D eigenvalue weighted by molar-refractivity contribution is 7.89. The number of amides is 1. The molecular formula is C30H44ClN5O3S. The number of piperazine rings is 1. The fourth-order valence-corrected chi connectivity index (χ4v) is 8.96. The summed E-state index contributed by atoms with van der Waals surface area (Å²) in [6.07, 6.45) is 7.17. The van der Waals surface area contributed by atoms with Gasteiger partial charge in [-0.25, -0.2) is 8.42 Å². The minimum atomic E-state index is -3.79. The molecule has 2 aliphatic heterocycles. The average molecular weight is 590 g/mol. The number of nitrogens with zero attached hydrogens (tertiary/aromatic N) is 5. The zero-order valence-electron chi connectivity index (χ0n) is 24.4. The first kappa shape index (κ1) is 29.6. The summed E-state index contributed by atoms with van der Waals surface area (Å²) >= 11 is 6.28. The Kier molecular flexibility index (Phi) is 8.97. The molecule has 2 fully saturated rings. The van der Waals surface area contributed by atoms with Gasteiger partial charge in [-0.05, 0) is 88.4 Å². The largest absolute Gasteiger partial charge is 0.349 e. The van der Waals surface area contributed by atoms with Crippen molar-refractivity contribution in [2.24, 2.45) is 0 Å². The molecule has 1 aliphatic carbocycles. The van der Waals surface area contributed by atoms with Gasteiger partial charge in [-0.15, -0.1) is 0 Å². The van der Waals surface area contributed by atoms with Gasteiger partial charge in [-0.3, -0.25) is 9.69 Å². The second-order valence-electron chi connectivity index (χ2n) is 12.0. The Balaban J connectivity index is 1.29. The third kappa shape index (κ3) is 6.00. The molecule has 5 rings (SSSR count). The smallest absolute Gasteiger partial charge is 0.244 e. The summed E-state index contributed by atoms with van der Waals surface area (Å²) in [5, 5.41) is 0.562. The predicted molar refractivity (Wildman–Crippen MR) is 159 cm³/mol. The van der Waals surface area contributed by atoms with Crippen molar-refractivity contribution in [2.75, 3.05) is 46.8 Å². The van der Waals surface area contributed by atoms with Crippen LogP contribution in [0.3, 0.4) is 0 Å². The molecule has 0 spiro atoms. The van der Waals surface area contributed by atoms with Crippen LogP contribution >= 0.6 is 11.6 Å². The Hall–Kier alpha value is -1.91. The first-order chi connectivity index (χ1) is 19.1. The maximum atomic E-state index is 14.0. The maximum Gasteiger partial charge on any atom is 0.244 e. The van der Waals surface area contributed by atoms with Gasteiger partial charge in [0.05, 0.1) is 10.9 Å². The predicted octanol–water partition coefficient (Wildman–Crippen LogP) is 4.30. The van der Waals surface area contributed by atoms with Gasteiger partial charge in [0, 0.05) is 81.7 Å². The number of fused-ring (bicyclic) bond motifs is 1. The maximum absolute atomic E-state index is 14.0. The number of sulfonamides is 1. The standard InChI is InChI=1S/C30H44ClN5O3S/c1-22-20-29(23(2)19-26(22)31)40(38,39)36-18-17-35-12-6-9-27(35)28(36)10-11-30(37)33(4)24-7-5-8-25(21-24)34-15-13-32(3)14-16-34/h6,9,12,19-20,24-25,28H,5,7-8,10-11,13-18,21H2,1-4H3/t24-,25+,28?/m0/s1. The second kappa shape index (κ2) is 12.1. The molecule has 1 saturated carbocycles. The van der Waals surface area contributed by atoms with E-state index >= 15 is 0 Å². The lowest BCUT2D eigenvalue weighted by Crippen LogP contribution is -2.52. The molecule has 10 heteroatoms. The molecule has 1 aromatic carbocycles. The van der Waals surface area contributed by atoms with Crippen LogP contribution in [-0.2, 0) is 21.4 Å². The van der Waals surface area contributed by atoms with Crippen LogP contribution in [0, 0.1) is 13.8 Å². The SMILES string of the molecule is Cc1cc(S(=O)(=O)N2CCn3cccc3C2CCC(=O)N(C)[C@H]2CCC[C@@H](N3CCN(C)CC3)C2)c(C)cc1Cl. The fourth-order valence-electron chi connectivity index (χ4n) is 6.83. The molecule has 3 aliphatic rings. The number of aryl methyl sites for hydroxylation is 2. The van der Waals surface area contributed by atoms with E-state index < -0.39 is 16.1 Å². The number of hydrogen-bond acceptors (Lipinski definition) is 5. The first-order valence-corrected chi connectivity index (χ1v) is 16.5. The second-order valence-corrected chi connectivity index (χ2v) is 14.2. The number of carbonyl (C=O) groups excluding carboxylic acids is 1. The van der Waals surface area contributed by atoms with Gasteiger partial charge in [-0.2, -0.15) is 4.31 Å². The molecule has 0 bridgehead atoms. The summed E-state index contributed by atoms with van der Waals surface area (Å²) in [4.78, 5) is 20.8. The summed E-state index contributed by atoms with van der Waals surface area (Å²) in [7, 11) is 0.336. The van der Waals surface area contributed by atoms with E-state index in [2.05, 4.69) is 21.4 Å². The van der Waals surface area contributed by atoms with Crippen molar-refractivity contribution in [3.8, 4) is 0 Å². The van der Waals surface area contributed by atoms with E-state index in [0.29, 0.717) is 47.5 Å². The Morgan fingerprint density at radius 3 is 2.55 bits per heavy atom. The van der Waals surface area contributed by atoms with E-state index in [9.17, 15) is 13.2 Å². The van der Waals surface area contributed by atoms with Crippen molar-refractivity contribution in [3.63, 3.8) is 0 Å². The molecule has 1 aromatic heterocycles. The molecule has 3 atom stereocenters. The van der Waals surface area contributed by atoms with E-state index in [1.807, 2.05) is 37.2 Å². The normalized spacial score (nSPS) is 25.1. The lowest BCUT2D eigenvalue weighted by molar-refractivity contribution is -0.133. The van der Waals surface area contributed by atoms with E-state index in [4.69, 9.17) is 11.6 Å². The Bertz CT molecular complexity index is 1320. The Labute approximate surface area is 244 Å². The molecule has 2 aromatic rings. The summed E-state index contributed by atoms with van der Waals surface area (Å²) in [5.41, 5.74) is 2.32. The van der Waals surface area contributed by atoms with Crippen molar-refractivity contribution in [2.45, 2.75) is 81.9 Å². The molecular weight excluding hydrogens is 546 g/mol. The van der Waals surface area contributed by atoms with Gasteiger partial charge >= 0.3 is 0 Å². The van der Waals surface area contributed by atoms with Gasteiger partial charge in [0.2, 0.25) is 15.9 Å². The van der Waals surface area contributed by atoms with E-state index in [0.717, 1.165) is 56.7 Å². The Morgan fingerprint density at radius 1 is 1.05 bits per heavy atom. The van der Waals surface area contributed by atoms with Crippen LogP contribution in [0.1, 0.15) is 61.4 Å². The molecule has 220 valence electrons. The van der Waals surface area contributed by atoms with Crippen LogP contribution in [0.5, 0.6) is 0 Å². The summed E-state index contributed by atoms with van der Waals surface area (Å²) in [6.45, 7) is 8.99. The molecule has 1 unspecified atom stereocenters. The quantitative estimate of drug-likeness (QED) is 0.482. The van der Waals surface area contributed by atoms with Crippen LogP contribution in [0.4, 0.5) is 0 Å². The number of halogens is 1. The lowest BCUT2D eigenvalue weighted by Gasteiger charge is -2.43. The molecule has 40 heavy (non-hydrogen) atoms. The zero-order valence-corrected chi connectivity index (χ0v) is 25.9. The van der Waals surface area contributed by atoms with Gasteiger partial charge in [0.25, 0.3) is 0 Å². The monoisotopic (exact) mass is 589 g/mol. The molecule has 1 saturated heterocycles. The van der Waals surface area contributed by atoms with Crippen molar-refractivity contribution in [1.82, 2.24) is 23.6 Å². The highest BCUT2D eigenvalue weighted by atomic mass is 35.5. The van der Waals surface area contributed by atoms with Gasteiger partial charge in [0.15, 0.2) is 0 Å². The first-order valence-electron chi connectivity index (χ1n) is 14.7. The van der Waals surface area contributed by atoms with E-state index in [-0.39, 0.29) is 11.9 Å². The molecule has 8 nitrogen and oxygen atoms in total. The topological polar surface area (TPSA) is 69.1 Å². The number of hydrogen-bond donors (Lipinski definition) is 0. The van der Waals surface area contributed by atoms with Gasteiger partial charge < -0.3 is 14.4 Å². The summed E-state index contributed by atoms with van der Waals surface area (Å²) < 4.78 is 31.8. The van der Waals surface area contributed by atoms with Crippen molar-refractivity contribution in [1.29, 1.82) is 0 Å². The van der Waals surface area contributed by atoms with Crippen LogP contribution < -0.4 is 0 Å². The minimum absolute atomic E-state index is 0.101. The van der Waals surface area contributed by atoms with Crippen LogP contribution in [0.15, 0.2) is 35.4 Å². The zero-order chi connectivity index (χ0) is 28.6. The van der Waals surface area contributed by atoms with Gasteiger partial charge in [-0.1, -0.05) is 11.6 Å². The fraction of sp³-hybridized carbons (Fsp3) is 0.633. The number of benzene rings is 1. The highest BCUT2D eigenvalue weighted by Gasteiger charge is 2.38. The molecule has 1 amide bonds. The lowest BCUT2D eigenvalue weighted by atomic mass is 9.88. The minimum Gasteiger partial charge on any atom is -0.349 e. The van der Waals surface area contributed by atoms with Crippen LogP contribution in [0.25, 0.3) is 0 Å². The van der Waals surface area contributed by atoms with Crippen LogP contribution in [-0.4, -0.2) is 96.8 Å². The van der Waals surface area contributed by atoms with Gasteiger partial charge in [0.1, 0.15) is 0 Å². The highest BCUT2D eigenvalue weighted by Crippen LogP contribution is 2.37. The number of aromatic nitrogens is 1. The summed E-state index contributed by atoms with van der Waals surface area (Å²) in [6, 6.07) is 7.73. The third-order valence-corrected chi connectivity index (χ3v) is 11.9. The van der Waals surface area contributed by atoms with Crippen molar-refractivity contribution < 1.29 is 13.2 Å². The summed E-state index contributed by atoms with van der Waals surface area (Å²) in [5.74, 6) is 0.101. The molecule has 0 N–H and O–H groups in total. The average Bonchev–Trinajstić information content (AvgIpc) is 3.43. The molecule has 0 radical (unpaired) electrons.